The van der Waals surface area contributed by atoms with Crippen LogP contribution in [-0.2, 0) is 4.79 Å². The lowest BCUT2D eigenvalue weighted by molar-refractivity contribution is -0.121. The molecule has 1 saturated carbocycles. The van der Waals surface area contributed by atoms with Crippen LogP contribution >= 0.6 is 0 Å². The molecule has 1 heterocycles. The van der Waals surface area contributed by atoms with E-state index in [0.717, 1.165) is 32.2 Å². The number of likely N-dealkylation sites (tertiary alicyclic amines) is 1. The highest BCUT2D eigenvalue weighted by molar-refractivity contribution is 5.78. The first-order valence-corrected chi connectivity index (χ1v) is 10.0. The van der Waals surface area contributed by atoms with Gasteiger partial charge in [-0.1, -0.05) is 43.5 Å². The van der Waals surface area contributed by atoms with Crippen molar-refractivity contribution >= 4 is 11.9 Å². The smallest absolute Gasteiger partial charge is 0.317 e. The van der Waals surface area contributed by atoms with E-state index >= 15 is 0 Å². The zero-order valence-electron chi connectivity index (χ0n) is 15.8. The van der Waals surface area contributed by atoms with E-state index in [1.807, 2.05) is 17.0 Å². The largest absolute Gasteiger partial charge is 0.353 e. The van der Waals surface area contributed by atoms with Crippen molar-refractivity contribution < 1.29 is 9.59 Å². The van der Waals surface area contributed by atoms with E-state index < -0.39 is 0 Å². The van der Waals surface area contributed by atoms with Crippen LogP contribution in [-0.4, -0.2) is 36.0 Å². The summed E-state index contributed by atoms with van der Waals surface area (Å²) in [5.41, 5.74) is 2.46. The predicted molar refractivity (Wildman–Crippen MR) is 103 cm³/mol. The lowest BCUT2D eigenvalue weighted by Gasteiger charge is -2.26. The zero-order chi connectivity index (χ0) is 18.4. The van der Waals surface area contributed by atoms with Crippen LogP contribution in [0.3, 0.4) is 0 Å². The van der Waals surface area contributed by atoms with Crippen LogP contribution in [0.4, 0.5) is 4.79 Å². The van der Waals surface area contributed by atoms with Gasteiger partial charge in [-0.15, -0.1) is 0 Å². The number of benzene rings is 1. The maximum absolute atomic E-state index is 12.6. The second kappa shape index (κ2) is 9.06. The molecule has 1 aromatic rings. The van der Waals surface area contributed by atoms with Crippen LogP contribution < -0.4 is 10.6 Å². The van der Waals surface area contributed by atoms with Crippen LogP contribution in [0.2, 0.25) is 0 Å². The topological polar surface area (TPSA) is 61.4 Å². The third-order valence-corrected chi connectivity index (χ3v) is 5.66. The van der Waals surface area contributed by atoms with Crippen molar-refractivity contribution in [2.24, 2.45) is 0 Å². The first-order valence-electron chi connectivity index (χ1n) is 10.0. The maximum atomic E-state index is 12.6. The van der Waals surface area contributed by atoms with Gasteiger partial charge in [0.25, 0.3) is 0 Å². The molecule has 1 aliphatic carbocycles. The molecule has 5 heteroatoms. The van der Waals surface area contributed by atoms with Gasteiger partial charge in [0.05, 0.1) is 6.04 Å². The first-order chi connectivity index (χ1) is 12.6. The van der Waals surface area contributed by atoms with Crippen molar-refractivity contribution in [2.75, 3.05) is 13.1 Å². The summed E-state index contributed by atoms with van der Waals surface area (Å²) in [5.74, 6) is 0.0501. The lowest BCUT2D eigenvalue weighted by atomic mass is 9.95. The molecule has 3 amide bonds. The Morgan fingerprint density at radius 1 is 1.08 bits per heavy atom. The summed E-state index contributed by atoms with van der Waals surface area (Å²) < 4.78 is 0. The minimum atomic E-state index is -0.0544. The quantitative estimate of drug-likeness (QED) is 0.844. The molecule has 3 rings (SSSR count). The van der Waals surface area contributed by atoms with Gasteiger partial charge in [0.15, 0.2) is 0 Å². The summed E-state index contributed by atoms with van der Waals surface area (Å²) in [7, 11) is 0. The third kappa shape index (κ3) is 4.77. The molecule has 1 atom stereocenters. The summed E-state index contributed by atoms with van der Waals surface area (Å²) in [4.78, 5) is 26.6. The van der Waals surface area contributed by atoms with Crippen molar-refractivity contribution in [2.45, 2.75) is 70.4 Å². The predicted octanol–water partition coefficient (Wildman–Crippen LogP) is 3.68. The molecule has 26 heavy (non-hydrogen) atoms. The normalized spacial score (nSPS) is 20.8. The van der Waals surface area contributed by atoms with Gasteiger partial charge >= 0.3 is 6.03 Å². The number of urea groups is 1. The molecule has 142 valence electrons. The Hall–Kier alpha value is -2.04. The Bertz CT molecular complexity index is 625. The molecule has 0 spiro atoms. The van der Waals surface area contributed by atoms with Crippen LogP contribution in [0.15, 0.2) is 24.3 Å². The minimum Gasteiger partial charge on any atom is -0.353 e. The standard InChI is InChI=1S/C21H31N3O2/c1-16-8-5-6-11-18(16)19-12-7-15-24(19)21(26)22-14-13-20(25)23-17-9-3-2-4-10-17/h5-6,8,11,17,19H,2-4,7,9-10,12-15H2,1H3,(H,22,26)(H,23,25). The van der Waals surface area contributed by atoms with Gasteiger partial charge in [0.2, 0.25) is 5.91 Å². The molecule has 0 bridgehead atoms. The first kappa shape index (κ1) is 18.7. The Balaban J connectivity index is 1.45. The van der Waals surface area contributed by atoms with Gasteiger partial charge in [-0.05, 0) is 43.7 Å². The molecule has 1 aromatic carbocycles. The maximum Gasteiger partial charge on any atom is 0.317 e. The van der Waals surface area contributed by atoms with Gasteiger partial charge in [0.1, 0.15) is 0 Å². The van der Waals surface area contributed by atoms with Crippen molar-refractivity contribution in [3.8, 4) is 0 Å². The molecule has 1 aliphatic heterocycles. The zero-order valence-corrected chi connectivity index (χ0v) is 15.8. The van der Waals surface area contributed by atoms with E-state index in [1.165, 1.54) is 30.4 Å². The highest BCUT2D eigenvalue weighted by Gasteiger charge is 2.30. The SMILES string of the molecule is Cc1ccccc1C1CCCN1C(=O)NCCC(=O)NC1CCCCC1. The Kier molecular flexibility index (Phi) is 6.53. The average molecular weight is 357 g/mol. The number of nitrogens with one attached hydrogen (secondary N) is 2. The van der Waals surface area contributed by atoms with Gasteiger partial charge in [0, 0.05) is 25.6 Å². The van der Waals surface area contributed by atoms with Crippen molar-refractivity contribution in [3.63, 3.8) is 0 Å². The van der Waals surface area contributed by atoms with Crippen LogP contribution in [0.25, 0.3) is 0 Å². The number of hydrogen-bond acceptors (Lipinski definition) is 2. The number of carbonyl (C=O) groups excluding carboxylic acids is 2. The highest BCUT2D eigenvalue weighted by Crippen LogP contribution is 2.33. The number of hydrogen-bond donors (Lipinski definition) is 2. The Morgan fingerprint density at radius 3 is 2.62 bits per heavy atom. The molecule has 0 aromatic heterocycles. The highest BCUT2D eigenvalue weighted by atomic mass is 16.2. The van der Waals surface area contributed by atoms with Crippen LogP contribution in [0, 0.1) is 6.92 Å². The fourth-order valence-corrected chi connectivity index (χ4v) is 4.23. The van der Waals surface area contributed by atoms with Gasteiger partial charge < -0.3 is 15.5 Å². The van der Waals surface area contributed by atoms with Crippen molar-refractivity contribution in [1.82, 2.24) is 15.5 Å². The number of rotatable bonds is 5. The summed E-state index contributed by atoms with van der Waals surface area (Å²) >= 11 is 0. The molecule has 2 fully saturated rings. The van der Waals surface area contributed by atoms with E-state index in [0.29, 0.717) is 19.0 Å². The summed E-state index contributed by atoms with van der Waals surface area (Å²) in [6.45, 7) is 3.27. The number of amides is 3. The second-order valence-corrected chi connectivity index (χ2v) is 7.59. The van der Waals surface area contributed by atoms with Crippen LogP contribution in [0.1, 0.15) is 68.5 Å². The van der Waals surface area contributed by atoms with Gasteiger partial charge in [-0.25, -0.2) is 4.79 Å². The van der Waals surface area contributed by atoms with Crippen molar-refractivity contribution in [3.05, 3.63) is 35.4 Å². The average Bonchev–Trinajstić information content (AvgIpc) is 3.12. The Morgan fingerprint density at radius 2 is 1.85 bits per heavy atom. The second-order valence-electron chi connectivity index (χ2n) is 7.59. The summed E-state index contributed by atoms with van der Waals surface area (Å²) in [6, 6.07) is 8.70. The van der Waals surface area contributed by atoms with E-state index in [4.69, 9.17) is 0 Å². The van der Waals surface area contributed by atoms with E-state index in [2.05, 4.69) is 29.7 Å². The number of aryl methyl sites for hydroxylation is 1. The monoisotopic (exact) mass is 357 g/mol. The number of carbonyl (C=O) groups is 2. The molecule has 5 nitrogen and oxygen atoms in total. The minimum absolute atomic E-state index is 0.0501. The summed E-state index contributed by atoms with van der Waals surface area (Å²) in [5, 5.41) is 6.04. The van der Waals surface area contributed by atoms with Crippen molar-refractivity contribution in [1.29, 1.82) is 0 Å². The fraction of sp³-hybridized carbons (Fsp3) is 0.619. The molecule has 0 radical (unpaired) electrons. The lowest BCUT2D eigenvalue weighted by Crippen LogP contribution is -2.42. The Labute approximate surface area is 156 Å². The van der Waals surface area contributed by atoms with Gasteiger partial charge in [-0.2, -0.15) is 0 Å². The summed E-state index contributed by atoms with van der Waals surface area (Å²) in [6.07, 6.45) is 8.24. The molecule has 1 saturated heterocycles. The number of nitrogens with zero attached hydrogens (tertiary/aromatic N) is 1. The van der Waals surface area contributed by atoms with Gasteiger partial charge in [-0.3, -0.25) is 4.79 Å². The van der Waals surface area contributed by atoms with E-state index in [-0.39, 0.29) is 18.0 Å². The molecular weight excluding hydrogens is 326 g/mol. The third-order valence-electron chi connectivity index (χ3n) is 5.66. The molecule has 2 N–H and O–H groups in total. The fourth-order valence-electron chi connectivity index (χ4n) is 4.23. The van der Waals surface area contributed by atoms with Crippen LogP contribution in [0.5, 0.6) is 0 Å². The molecule has 2 aliphatic rings. The molecular formula is C21H31N3O2. The van der Waals surface area contributed by atoms with E-state index in [1.54, 1.807) is 0 Å². The molecule has 1 unspecified atom stereocenters. The van der Waals surface area contributed by atoms with E-state index in [9.17, 15) is 9.59 Å².